The minimum absolute atomic E-state index is 0.433. The van der Waals surface area contributed by atoms with E-state index in [1.807, 2.05) is 7.05 Å². The monoisotopic (exact) mass is 257 g/mol. The van der Waals surface area contributed by atoms with E-state index in [4.69, 9.17) is 5.73 Å². The fourth-order valence-electron chi connectivity index (χ4n) is 2.60. The molecule has 102 valence electrons. The number of hydrogen-bond acceptors (Lipinski definition) is 2. The summed E-state index contributed by atoms with van der Waals surface area (Å²) < 4.78 is 1.79. The van der Waals surface area contributed by atoms with E-state index >= 15 is 0 Å². The van der Waals surface area contributed by atoms with Gasteiger partial charge in [0.1, 0.15) is 5.82 Å². The molecule has 0 aliphatic carbocycles. The molecular formula is C16H23N3. The number of aromatic nitrogens is 2. The number of nitrogen functional groups attached to an aromatic ring is 1. The molecule has 0 amide bonds. The molecular weight excluding hydrogens is 234 g/mol. The summed E-state index contributed by atoms with van der Waals surface area (Å²) in [7, 11) is 1.92. The molecule has 1 heterocycles. The summed E-state index contributed by atoms with van der Waals surface area (Å²) in [5.41, 5.74) is 10.9. The Labute approximate surface area is 115 Å². The molecule has 3 nitrogen and oxygen atoms in total. The normalized spacial score (nSPS) is 12.6. The van der Waals surface area contributed by atoms with Crippen LogP contribution in [0.2, 0.25) is 0 Å². The Morgan fingerprint density at radius 1 is 1.32 bits per heavy atom. The lowest BCUT2D eigenvalue weighted by molar-refractivity contribution is 0.627. The highest BCUT2D eigenvalue weighted by Crippen LogP contribution is 2.36. The van der Waals surface area contributed by atoms with Crippen LogP contribution in [0.15, 0.2) is 24.3 Å². The molecule has 2 rings (SSSR count). The number of anilines is 1. The van der Waals surface area contributed by atoms with Gasteiger partial charge in [0.15, 0.2) is 0 Å². The highest BCUT2D eigenvalue weighted by atomic mass is 15.3. The minimum Gasteiger partial charge on any atom is -0.383 e. The summed E-state index contributed by atoms with van der Waals surface area (Å²) >= 11 is 0. The molecule has 0 aliphatic rings. The summed E-state index contributed by atoms with van der Waals surface area (Å²) in [6.45, 7) is 6.55. The topological polar surface area (TPSA) is 43.8 Å². The first-order valence-electron chi connectivity index (χ1n) is 6.94. The Bertz CT molecular complexity index is 569. The van der Waals surface area contributed by atoms with E-state index in [0.717, 1.165) is 29.9 Å². The van der Waals surface area contributed by atoms with Crippen LogP contribution in [0, 0.1) is 6.92 Å². The lowest BCUT2D eigenvalue weighted by Gasteiger charge is -2.12. The maximum atomic E-state index is 6.24. The molecule has 19 heavy (non-hydrogen) atoms. The van der Waals surface area contributed by atoms with Crippen LogP contribution in [0.1, 0.15) is 43.9 Å². The smallest absolute Gasteiger partial charge is 0.129 e. The Balaban J connectivity index is 2.59. The second-order valence-electron chi connectivity index (χ2n) is 5.27. The van der Waals surface area contributed by atoms with Gasteiger partial charge in [-0.2, -0.15) is 5.10 Å². The van der Waals surface area contributed by atoms with Crippen molar-refractivity contribution in [3.8, 4) is 11.1 Å². The molecule has 1 atom stereocenters. The van der Waals surface area contributed by atoms with Crippen molar-refractivity contribution in [2.75, 3.05) is 5.73 Å². The van der Waals surface area contributed by atoms with Crippen LogP contribution in [0.5, 0.6) is 0 Å². The lowest BCUT2D eigenvalue weighted by Crippen LogP contribution is -1.98. The second kappa shape index (κ2) is 5.47. The lowest BCUT2D eigenvalue weighted by atomic mass is 9.93. The number of nitrogens with two attached hydrogens (primary N) is 1. The van der Waals surface area contributed by atoms with E-state index in [9.17, 15) is 0 Å². The van der Waals surface area contributed by atoms with Gasteiger partial charge in [0, 0.05) is 18.5 Å². The van der Waals surface area contributed by atoms with Crippen molar-refractivity contribution in [1.82, 2.24) is 9.78 Å². The van der Waals surface area contributed by atoms with Crippen LogP contribution in [-0.4, -0.2) is 9.78 Å². The van der Waals surface area contributed by atoms with Crippen molar-refractivity contribution in [2.24, 2.45) is 7.05 Å². The van der Waals surface area contributed by atoms with Gasteiger partial charge < -0.3 is 5.73 Å². The van der Waals surface area contributed by atoms with Gasteiger partial charge in [-0.1, -0.05) is 44.5 Å². The molecule has 0 spiro atoms. The van der Waals surface area contributed by atoms with Gasteiger partial charge in [0.2, 0.25) is 0 Å². The third kappa shape index (κ3) is 2.50. The maximum Gasteiger partial charge on any atom is 0.129 e. The van der Waals surface area contributed by atoms with Gasteiger partial charge in [-0.15, -0.1) is 0 Å². The first kappa shape index (κ1) is 13.7. The predicted octanol–water partition coefficient (Wildman–Crippen LogP) is 3.88. The molecule has 0 saturated heterocycles. The Morgan fingerprint density at radius 3 is 2.63 bits per heavy atom. The maximum absolute atomic E-state index is 6.24. The number of benzene rings is 1. The van der Waals surface area contributed by atoms with Crippen LogP contribution in [0.25, 0.3) is 11.1 Å². The molecule has 0 bridgehead atoms. The second-order valence-corrected chi connectivity index (χ2v) is 5.27. The molecule has 0 aliphatic heterocycles. The summed E-state index contributed by atoms with van der Waals surface area (Å²) in [4.78, 5) is 0. The zero-order valence-corrected chi connectivity index (χ0v) is 12.3. The zero-order chi connectivity index (χ0) is 14.0. The van der Waals surface area contributed by atoms with E-state index in [1.165, 1.54) is 11.1 Å². The Morgan fingerprint density at radius 2 is 2.00 bits per heavy atom. The van der Waals surface area contributed by atoms with Crippen LogP contribution in [0.3, 0.4) is 0 Å². The fraction of sp³-hybridized carbons (Fsp3) is 0.438. The molecule has 0 radical (unpaired) electrons. The van der Waals surface area contributed by atoms with Gasteiger partial charge >= 0.3 is 0 Å². The average molecular weight is 257 g/mol. The van der Waals surface area contributed by atoms with E-state index in [0.29, 0.717) is 5.92 Å². The number of rotatable bonds is 4. The van der Waals surface area contributed by atoms with Gasteiger partial charge in [-0.05, 0) is 24.5 Å². The standard InChI is InChI=1S/C16H23N3/c1-5-8-12(3)15-14(16(17)19(4)18-15)13-10-7-6-9-11(13)2/h6-7,9-10,12H,5,8,17H2,1-4H3. The van der Waals surface area contributed by atoms with E-state index in [-0.39, 0.29) is 0 Å². The first-order chi connectivity index (χ1) is 9.06. The molecule has 0 saturated carbocycles. The van der Waals surface area contributed by atoms with Gasteiger partial charge in [0.05, 0.1) is 5.69 Å². The van der Waals surface area contributed by atoms with Crippen molar-refractivity contribution in [3.63, 3.8) is 0 Å². The van der Waals surface area contributed by atoms with Crippen LogP contribution >= 0.6 is 0 Å². The average Bonchev–Trinajstić information content (AvgIpc) is 2.67. The zero-order valence-electron chi connectivity index (χ0n) is 12.3. The fourth-order valence-corrected chi connectivity index (χ4v) is 2.60. The van der Waals surface area contributed by atoms with E-state index < -0.39 is 0 Å². The molecule has 1 aromatic heterocycles. The number of nitrogens with zero attached hydrogens (tertiary/aromatic N) is 2. The predicted molar refractivity (Wildman–Crippen MR) is 81.1 cm³/mol. The summed E-state index contributed by atoms with van der Waals surface area (Å²) in [5, 5.41) is 4.64. The number of hydrogen-bond donors (Lipinski definition) is 1. The third-order valence-electron chi connectivity index (χ3n) is 3.72. The largest absolute Gasteiger partial charge is 0.383 e. The molecule has 2 N–H and O–H groups in total. The highest BCUT2D eigenvalue weighted by molar-refractivity contribution is 5.79. The highest BCUT2D eigenvalue weighted by Gasteiger charge is 2.20. The Kier molecular flexibility index (Phi) is 3.93. The molecule has 1 unspecified atom stereocenters. The Hall–Kier alpha value is -1.77. The summed E-state index contributed by atoms with van der Waals surface area (Å²) in [5.74, 6) is 1.19. The minimum atomic E-state index is 0.433. The van der Waals surface area contributed by atoms with Crippen LogP contribution in [0.4, 0.5) is 5.82 Å². The van der Waals surface area contributed by atoms with Gasteiger partial charge in [-0.3, -0.25) is 4.68 Å². The molecule has 1 aromatic carbocycles. The van der Waals surface area contributed by atoms with Crippen molar-refractivity contribution in [2.45, 2.75) is 39.5 Å². The van der Waals surface area contributed by atoms with Gasteiger partial charge in [-0.25, -0.2) is 0 Å². The van der Waals surface area contributed by atoms with Gasteiger partial charge in [0.25, 0.3) is 0 Å². The number of aryl methyl sites for hydroxylation is 2. The molecule has 3 heteroatoms. The van der Waals surface area contributed by atoms with Crippen molar-refractivity contribution in [1.29, 1.82) is 0 Å². The molecule has 2 aromatic rings. The van der Waals surface area contributed by atoms with Crippen molar-refractivity contribution in [3.05, 3.63) is 35.5 Å². The van der Waals surface area contributed by atoms with Crippen molar-refractivity contribution < 1.29 is 0 Å². The quantitative estimate of drug-likeness (QED) is 0.903. The summed E-state index contributed by atoms with van der Waals surface area (Å²) in [6, 6.07) is 8.37. The first-order valence-corrected chi connectivity index (χ1v) is 6.94. The van der Waals surface area contributed by atoms with E-state index in [1.54, 1.807) is 4.68 Å². The molecule has 0 fully saturated rings. The van der Waals surface area contributed by atoms with Crippen LogP contribution in [-0.2, 0) is 7.05 Å². The third-order valence-corrected chi connectivity index (χ3v) is 3.72. The SMILES string of the molecule is CCCC(C)c1nn(C)c(N)c1-c1ccccc1C. The summed E-state index contributed by atoms with van der Waals surface area (Å²) in [6.07, 6.45) is 2.29. The van der Waals surface area contributed by atoms with Crippen LogP contribution < -0.4 is 5.73 Å². The van der Waals surface area contributed by atoms with E-state index in [2.05, 4.69) is 50.1 Å². The van der Waals surface area contributed by atoms with Crippen molar-refractivity contribution >= 4 is 5.82 Å².